The van der Waals surface area contributed by atoms with E-state index < -0.39 is 10.4 Å². The minimum atomic E-state index is -3.74. The van der Waals surface area contributed by atoms with E-state index in [1.807, 2.05) is 26.0 Å². The summed E-state index contributed by atoms with van der Waals surface area (Å²) < 4.78 is 30.8. The van der Waals surface area contributed by atoms with E-state index in [9.17, 15) is 8.42 Å². The molecule has 5 nitrogen and oxygen atoms in total. The average Bonchev–Trinajstić information content (AvgIpc) is 2.74. The lowest BCUT2D eigenvalue weighted by Crippen LogP contribution is -2.08. The summed E-state index contributed by atoms with van der Waals surface area (Å²) in [5.41, 5.74) is 0. The van der Waals surface area contributed by atoms with Crippen LogP contribution in [0.5, 0.6) is 0 Å². The number of rotatable bonds is 23. The molecule has 0 bridgehead atoms. The lowest BCUT2D eigenvalue weighted by atomic mass is 10.0. The molecule has 0 aromatic carbocycles. The van der Waals surface area contributed by atoms with Crippen molar-refractivity contribution in [2.45, 2.75) is 135 Å². The minimum absolute atomic E-state index is 0.231. The highest BCUT2D eigenvalue weighted by Crippen LogP contribution is 2.14. The standard InChI is InChI=1S/C23H48O4S.C3H9N/c1-3-4-5-6-7-8-9-10-11-12-13-14-15-16-17-18-19-20-21-22-23-27-28(24,25)26-2;1-4(2)3/h3-23H2,1-2H3;1-3H3. The molecule has 196 valence electrons. The normalized spacial score (nSPS) is 11.6. The van der Waals surface area contributed by atoms with Crippen LogP contribution in [0.15, 0.2) is 0 Å². The van der Waals surface area contributed by atoms with Crippen LogP contribution in [0.3, 0.4) is 0 Å². The van der Waals surface area contributed by atoms with E-state index in [-0.39, 0.29) is 6.61 Å². The molecule has 0 N–H and O–H groups in total. The molecule has 6 heteroatoms. The molecule has 0 spiro atoms. The Balaban J connectivity index is 0. The molecule has 0 heterocycles. The fraction of sp³-hybridized carbons (Fsp3) is 1.00. The van der Waals surface area contributed by atoms with Gasteiger partial charge in [-0.2, -0.15) is 8.42 Å². The predicted octanol–water partition coefficient (Wildman–Crippen LogP) is 7.89. The second kappa shape index (κ2) is 27.1. The van der Waals surface area contributed by atoms with E-state index in [4.69, 9.17) is 0 Å². The van der Waals surface area contributed by atoms with Crippen LogP contribution in [-0.4, -0.2) is 48.2 Å². The highest BCUT2D eigenvalue weighted by Gasteiger charge is 2.07. The molecule has 0 radical (unpaired) electrons. The van der Waals surface area contributed by atoms with Gasteiger partial charge >= 0.3 is 10.4 Å². The summed E-state index contributed by atoms with van der Waals surface area (Å²) in [6, 6.07) is 0. The fourth-order valence-corrected chi connectivity index (χ4v) is 3.98. The van der Waals surface area contributed by atoms with Crippen LogP contribution in [0.2, 0.25) is 0 Å². The molecule has 0 saturated carbocycles. The van der Waals surface area contributed by atoms with Crippen LogP contribution in [0, 0.1) is 0 Å². The Morgan fingerprint density at radius 2 is 0.781 bits per heavy atom. The Morgan fingerprint density at radius 3 is 1.03 bits per heavy atom. The Bertz CT molecular complexity index is 438. The third-order valence-corrected chi connectivity index (χ3v) is 6.29. The van der Waals surface area contributed by atoms with E-state index in [2.05, 4.69) is 15.3 Å². The summed E-state index contributed by atoms with van der Waals surface area (Å²) in [6.07, 6.45) is 26.7. The lowest BCUT2D eigenvalue weighted by molar-refractivity contribution is 0.238. The van der Waals surface area contributed by atoms with Gasteiger partial charge in [-0.15, -0.1) is 0 Å². The molecule has 0 rings (SSSR count). The van der Waals surface area contributed by atoms with Crippen molar-refractivity contribution in [3.8, 4) is 0 Å². The number of nitrogens with zero attached hydrogens (tertiary/aromatic N) is 1. The Labute approximate surface area is 202 Å². The van der Waals surface area contributed by atoms with Gasteiger partial charge in [-0.25, -0.2) is 4.18 Å². The highest BCUT2D eigenvalue weighted by molar-refractivity contribution is 7.81. The zero-order valence-corrected chi connectivity index (χ0v) is 23.2. The number of unbranched alkanes of at least 4 members (excludes halogenated alkanes) is 19. The maximum atomic E-state index is 11.0. The first-order chi connectivity index (χ1) is 15.4. The molecule has 0 atom stereocenters. The van der Waals surface area contributed by atoms with Gasteiger partial charge < -0.3 is 4.90 Å². The zero-order valence-electron chi connectivity index (χ0n) is 22.3. The SMILES string of the molecule is CCCCCCCCCCCCCCCCCCCCCCOS(=O)(=O)OC.CN(C)C. The van der Waals surface area contributed by atoms with E-state index in [0.29, 0.717) is 0 Å². The van der Waals surface area contributed by atoms with Gasteiger partial charge in [0.2, 0.25) is 0 Å². The zero-order chi connectivity index (χ0) is 24.3. The Hall–Kier alpha value is -0.170. The summed E-state index contributed by atoms with van der Waals surface area (Å²) >= 11 is 0. The number of hydrogen-bond donors (Lipinski definition) is 0. The first-order valence-corrected chi connectivity index (χ1v) is 14.7. The first-order valence-electron chi connectivity index (χ1n) is 13.4. The second-order valence-corrected chi connectivity index (χ2v) is 10.8. The van der Waals surface area contributed by atoms with Crippen molar-refractivity contribution < 1.29 is 16.8 Å². The molecule has 32 heavy (non-hydrogen) atoms. The monoisotopic (exact) mass is 479 g/mol. The summed E-state index contributed by atoms with van der Waals surface area (Å²) in [6.45, 7) is 2.51. The van der Waals surface area contributed by atoms with Gasteiger partial charge in [-0.3, -0.25) is 4.18 Å². The first kappa shape index (κ1) is 34.0. The van der Waals surface area contributed by atoms with Crippen LogP contribution in [0.1, 0.15) is 135 Å². The molecular formula is C26H57NO4S. The molecule has 0 aliphatic rings. The Kier molecular flexibility index (Phi) is 28.8. The van der Waals surface area contributed by atoms with Gasteiger partial charge in [-0.05, 0) is 27.6 Å². The van der Waals surface area contributed by atoms with Gasteiger partial charge in [0.1, 0.15) is 0 Å². The maximum Gasteiger partial charge on any atom is 0.399 e. The van der Waals surface area contributed by atoms with Crippen LogP contribution in [0.4, 0.5) is 0 Å². The van der Waals surface area contributed by atoms with E-state index in [1.54, 1.807) is 0 Å². The van der Waals surface area contributed by atoms with E-state index >= 15 is 0 Å². The van der Waals surface area contributed by atoms with Gasteiger partial charge in [0.25, 0.3) is 0 Å². The third-order valence-electron chi connectivity index (χ3n) is 5.43. The van der Waals surface area contributed by atoms with Crippen LogP contribution >= 0.6 is 0 Å². The van der Waals surface area contributed by atoms with Gasteiger partial charge in [0, 0.05) is 0 Å². The molecule has 0 unspecified atom stereocenters. The van der Waals surface area contributed by atoms with E-state index in [1.165, 1.54) is 109 Å². The molecule has 0 amide bonds. The largest absolute Gasteiger partial charge is 0.399 e. The molecule has 0 aliphatic heterocycles. The smallest absolute Gasteiger partial charge is 0.312 e. The second-order valence-electron chi connectivity index (χ2n) is 9.46. The average molecular weight is 480 g/mol. The lowest BCUT2D eigenvalue weighted by Gasteiger charge is -2.04. The van der Waals surface area contributed by atoms with Gasteiger partial charge in [0.15, 0.2) is 0 Å². The highest BCUT2D eigenvalue weighted by atomic mass is 32.3. The third kappa shape index (κ3) is 34.4. The van der Waals surface area contributed by atoms with E-state index in [0.717, 1.165) is 26.4 Å². The fourth-order valence-electron chi connectivity index (χ4n) is 3.57. The maximum absolute atomic E-state index is 11.0. The van der Waals surface area contributed by atoms with Crippen molar-refractivity contribution in [2.75, 3.05) is 34.9 Å². The van der Waals surface area contributed by atoms with Gasteiger partial charge in [0.05, 0.1) is 13.7 Å². The molecule has 0 fully saturated rings. The molecule has 0 saturated heterocycles. The summed E-state index contributed by atoms with van der Waals surface area (Å²) in [5, 5.41) is 0. The molecule has 0 aromatic heterocycles. The Morgan fingerprint density at radius 1 is 0.531 bits per heavy atom. The van der Waals surface area contributed by atoms with Crippen molar-refractivity contribution in [2.24, 2.45) is 0 Å². The quantitative estimate of drug-likeness (QED) is 0.139. The minimum Gasteiger partial charge on any atom is -0.312 e. The molecular weight excluding hydrogens is 422 g/mol. The topological polar surface area (TPSA) is 55.8 Å². The van der Waals surface area contributed by atoms with Gasteiger partial charge in [-0.1, -0.05) is 129 Å². The molecule has 0 aliphatic carbocycles. The van der Waals surface area contributed by atoms with Crippen molar-refractivity contribution in [1.29, 1.82) is 0 Å². The van der Waals surface area contributed by atoms with Crippen molar-refractivity contribution in [1.82, 2.24) is 4.90 Å². The predicted molar refractivity (Wildman–Crippen MR) is 140 cm³/mol. The van der Waals surface area contributed by atoms with Crippen LogP contribution in [0.25, 0.3) is 0 Å². The number of hydrogen-bond acceptors (Lipinski definition) is 5. The van der Waals surface area contributed by atoms with Crippen molar-refractivity contribution in [3.63, 3.8) is 0 Å². The van der Waals surface area contributed by atoms with Crippen molar-refractivity contribution >= 4 is 10.4 Å². The summed E-state index contributed by atoms with van der Waals surface area (Å²) in [4.78, 5) is 2.00. The molecule has 0 aromatic rings. The summed E-state index contributed by atoms with van der Waals surface area (Å²) in [5.74, 6) is 0. The van der Waals surface area contributed by atoms with Crippen LogP contribution < -0.4 is 0 Å². The van der Waals surface area contributed by atoms with Crippen LogP contribution in [-0.2, 0) is 18.8 Å². The summed E-state index contributed by atoms with van der Waals surface area (Å²) in [7, 11) is 3.37. The van der Waals surface area contributed by atoms with Crippen molar-refractivity contribution in [3.05, 3.63) is 0 Å².